The number of aryl methyl sites for hydroxylation is 1. The fraction of sp³-hybridized carbons (Fsp3) is 0.227. The van der Waals surface area contributed by atoms with Gasteiger partial charge in [0.2, 0.25) is 0 Å². The number of nitrogens with two attached hydrogens (primary N) is 1. The Bertz CT molecular complexity index is 1080. The van der Waals surface area contributed by atoms with Crippen LogP contribution in [-0.4, -0.2) is 35.3 Å². The van der Waals surface area contributed by atoms with Gasteiger partial charge in [-0.1, -0.05) is 48.0 Å². The monoisotopic (exact) mass is 442 g/mol. The average molecular weight is 443 g/mol. The molecule has 0 saturated heterocycles. The molecule has 9 heteroatoms. The standard InChI is InChI=1S/C22H23ClN4O4/c1-14-20(21(23)27(26-14)12-15-6-4-3-5-7-15)22(29)25-11-16-8-9-17(18(10-16)30-2)31-13-19(24)28/h3-10H,11-13H2,1-2H3,(H2,24,28)(H,25,29). The van der Waals surface area contributed by atoms with Crippen LogP contribution >= 0.6 is 11.6 Å². The number of benzene rings is 2. The Morgan fingerprint density at radius 3 is 2.55 bits per heavy atom. The van der Waals surface area contributed by atoms with Crippen LogP contribution in [0.3, 0.4) is 0 Å². The summed E-state index contributed by atoms with van der Waals surface area (Å²) in [5.41, 5.74) is 7.80. The van der Waals surface area contributed by atoms with E-state index in [0.717, 1.165) is 11.1 Å². The van der Waals surface area contributed by atoms with E-state index in [2.05, 4.69) is 10.4 Å². The number of methoxy groups -OCH3 is 1. The fourth-order valence-corrected chi connectivity index (χ4v) is 3.35. The van der Waals surface area contributed by atoms with Crippen molar-refractivity contribution >= 4 is 23.4 Å². The van der Waals surface area contributed by atoms with Crippen molar-refractivity contribution < 1.29 is 19.1 Å². The predicted molar refractivity (Wildman–Crippen MR) is 116 cm³/mol. The van der Waals surface area contributed by atoms with Crippen LogP contribution in [0.1, 0.15) is 27.2 Å². The number of hydrogen-bond acceptors (Lipinski definition) is 5. The molecular weight excluding hydrogens is 420 g/mol. The number of primary amides is 1. The number of hydrogen-bond donors (Lipinski definition) is 2. The molecule has 0 fully saturated rings. The van der Waals surface area contributed by atoms with Gasteiger partial charge < -0.3 is 20.5 Å². The van der Waals surface area contributed by atoms with E-state index in [4.69, 9.17) is 26.8 Å². The number of aromatic nitrogens is 2. The first-order valence-electron chi connectivity index (χ1n) is 9.52. The van der Waals surface area contributed by atoms with Crippen LogP contribution in [0.15, 0.2) is 48.5 Å². The third kappa shape index (κ3) is 5.55. The Labute approximate surface area is 184 Å². The van der Waals surface area contributed by atoms with Crippen molar-refractivity contribution in [1.29, 1.82) is 0 Å². The average Bonchev–Trinajstić information content (AvgIpc) is 3.04. The molecule has 0 unspecified atom stereocenters. The summed E-state index contributed by atoms with van der Waals surface area (Å²) in [6, 6.07) is 14.9. The lowest BCUT2D eigenvalue weighted by atomic mass is 10.2. The van der Waals surface area contributed by atoms with E-state index in [1.54, 1.807) is 29.8 Å². The highest BCUT2D eigenvalue weighted by molar-refractivity contribution is 6.33. The van der Waals surface area contributed by atoms with Crippen LogP contribution in [0.2, 0.25) is 5.15 Å². The van der Waals surface area contributed by atoms with Crippen molar-refractivity contribution in [2.24, 2.45) is 5.73 Å². The molecule has 3 N–H and O–H groups in total. The van der Waals surface area contributed by atoms with Crippen molar-refractivity contribution in [2.45, 2.75) is 20.0 Å². The van der Waals surface area contributed by atoms with Crippen molar-refractivity contribution in [2.75, 3.05) is 13.7 Å². The molecular formula is C22H23ClN4O4. The van der Waals surface area contributed by atoms with Gasteiger partial charge in [-0.05, 0) is 30.2 Å². The highest BCUT2D eigenvalue weighted by Gasteiger charge is 2.20. The van der Waals surface area contributed by atoms with E-state index in [9.17, 15) is 9.59 Å². The van der Waals surface area contributed by atoms with Gasteiger partial charge in [-0.25, -0.2) is 4.68 Å². The summed E-state index contributed by atoms with van der Waals surface area (Å²) in [6.07, 6.45) is 0. The smallest absolute Gasteiger partial charge is 0.256 e. The van der Waals surface area contributed by atoms with Crippen LogP contribution in [0.5, 0.6) is 11.5 Å². The zero-order valence-electron chi connectivity index (χ0n) is 17.2. The Kier molecular flexibility index (Phi) is 7.15. The van der Waals surface area contributed by atoms with Gasteiger partial charge in [-0.3, -0.25) is 9.59 Å². The summed E-state index contributed by atoms with van der Waals surface area (Å²) < 4.78 is 12.2. The van der Waals surface area contributed by atoms with Gasteiger partial charge in [0.25, 0.3) is 11.8 Å². The van der Waals surface area contributed by atoms with Crippen molar-refractivity contribution in [1.82, 2.24) is 15.1 Å². The second kappa shape index (κ2) is 9.99. The SMILES string of the molecule is COc1cc(CNC(=O)c2c(C)nn(Cc3ccccc3)c2Cl)ccc1OCC(N)=O. The van der Waals surface area contributed by atoms with Gasteiger partial charge in [-0.2, -0.15) is 5.10 Å². The van der Waals surface area contributed by atoms with Crippen LogP contribution < -0.4 is 20.5 Å². The maximum Gasteiger partial charge on any atom is 0.256 e. The molecule has 0 saturated carbocycles. The van der Waals surface area contributed by atoms with E-state index in [1.165, 1.54) is 7.11 Å². The number of ether oxygens (including phenoxy) is 2. The van der Waals surface area contributed by atoms with E-state index in [1.807, 2.05) is 30.3 Å². The third-order valence-electron chi connectivity index (χ3n) is 4.52. The summed E-state index contributed by atoms with van der Waals surface area (Å²) in [7, 11) is 1.49. The lowest BCUT2D eigenvalue weighted by molar-refractivity contribution is -0.119. The van der Waals surface area contributed by atoms with Crippen molar-refractivity contribution in [3.63, 3.8) is 0 Å². The number of carbonyl (C=O) groups is 2. The van der Waals surface area contributed by atoms with Crippen LogP contribution in [0.25, 0.3) is 0 Å². The second-order valence-electron chi connectivity index (χ2n) is 6.82. The number of nitrogens with one attached hydrogen (secondary N) is 1. The number of carbonyl (C=O) groups excluding carboxylic acids is 2. The quantitative estimate of drug-likeness (QED) is 0.529. The second-order valence-corrected chi connectivity index (χ2v) is 7.18. The lowest BCUT2D eigenvalue weighted by Gasteiger charge is -2.12. The highest BCUT2D eigenvalue weighted by Crippen LogP contribution is 2.28. The number of nitrogens with zero attached hydrogens (tertiary/aromatic N) is 2. The third-order valence-corrected chi connectivity index (χ3v) is 4.90. The number of halogens is 1. The van der Waals surface area contributed by atoms with Gasteiger partial charge in [0.15, 0.2) is 18.1 Å². The van der Waals surface area contributed by atoms with Gasteiger partial charge in [0.1, 0.15) is 5.15 Å². The van der Waals surface area contributed by atoms with Crippen LogP contribution in [-0.2, 0) is 17.9 Å². The summed E-state index contributed by atoms with van der Waals surface area (Å²) in [6.45, 7) is 2.20. The van der Waals surface area contributed by atoms with E-state index in [0.29, 0.717) is 29.3 Å². The lowest BCUT2D eigenvalue weighted by Crippen LogP contribution is -2.23. The molecule has 2 aromatic carbocycles. The van der Waals surface area contributed by atoms with Crippen LogP contribution in [0.4, 0.5) is 0 Å². The molecule has 8 nitrogen and oxygen atoms in total. The van der Waals surface area contributed by atoms with E-state index in [-0.39, 0.29) is 24.2 Å². The Morgan fingerprint density at radius 2 is 1.87 bits per heavy atom. The molecule has 3 aromatic rings. The molecule has 0 spiro atoms. The van der Waals surface area contributed by atoms with E-state index < -0.39 is 5.91 Å². The van der Waals surface area contributed by atoms with Gasteiger partial charge in [-0.15, -0.1) is 0 Å². The number of amides is 2. The van der Waals surface area contributed by atoms with Gasteiger partial charge >= 0.3 is 0 Å². The van der Waals surface area contributed by atoms with Crippen molar-refractivity contribution in [3.05, 3.63) is 76.1 Å². The van der Waals surface area contributed by atoms with Gasteiger partial charge in [0, 0.05) is 6.54 Å². The summed E-state index contributed by atoms with van der Waals surface area (Å²) in [5.74, 6) is -0.0939. The Morgan fingerprint density at radius 1 is 1.13 bits per heavy atom. The molecule has 0 bridgehead atoms. The molecule has 0 radical (unpaired) electrons. The molecule has 0 aliphatic heterocycles. The molecule has 3 rings (SSSR count). The zero-order chi connectivity index (χ0) is 22.4. The number of rotatable bonds is 9. The molecule has 1 heterocycles. The summed E-state index contributed by atoms with van der Waals surface area (Å²) in [4.78, 5) is 23.7. The predicted octanol–water partition coefficient (Wildman–Crippen LogP) is 2.70. The summed E-state index contributed by atoms with van der Waals surface area (Å²) >= 11 is 6.45. The maximum absolute atomic E-state index is 12.8. The summed E-state index contributed by atoms with van der Waals surface area (Å²) in [5, 5.41) is 7.54. The molecule has 0 aliphatic carbocycles. The molecule has 2 amide bonds. The molecule has 1 aromatic heterocycles. The van der Waals surface area contributed by atoms with E-state index >= 15 is 0 Å². The first-order chi connectivity index (χ1) is 14.9. The minimum Gasteiger partial charge on any atom is -0.493 e. The molecule has 0 aliphatic rings. The Hall–Kier alpha value is -3.52. The maximum atomic E-state index is 12.8. The van der Waals surface area contributed by atoms with Crippen LogP contribution in [0, 0.1) is 6.92 Å². The minimum absolute atomic E-state index is 0.241. The van der Waals surface area contributed by atoms with Crippen molar-refractivity contribution in [3.8, 4) is 11.5 Å². The zero-order valence-corrected chi connectivity index (χ0v) is 18.0. The topological polar surface area (TPSA) is 108 Å². The normalized spacial score (nSPS) is 10.5. The molecule has 162 valence electrons. The highest BCUT2D eigenvalue weighted by atomic mass is 35.5. The largest absolute Gasteiger partial charge is 0.493 e. The fourth-order valence-electron chi connectivity index (χ4n) is 3.03. The first kappa shape index (κ1) is 22.2. The first-order valence-corrected chi connectivity index (χ1v) is 9.90. The Balaban J connectivity index is 1.69. The van der Waals surface area contributed by atoms with Gasteiger partial charge in [0.05, 0.1) is 24.9 Å². The minimum atomic E-state index is -0.585. The molecule has 0 atom stereocenters. The molecule has 31 heavy (non-hydrogen) atoms.